The summed E-state index contributed by atoms with van der Waals surface area (Å²) in [5.41, 5.74) is 1.02. The van der Waals surface area contributed by atoms with Gasteiger partial charge >= 0.3 is 0 Å². The fourth-order valence-corrected chi connectivity index (χ4v) is 3.63. The van der Waals surface area contributed by atoms with Gasteiger partial charge in [0, 0.05) is 12.1 Å². The van der Waals surface area contributed by atoms with Crippen LogP contribution in [0.1, 0.15) is 24.1 Å². The average molecular weight is 441 g/mol. The number of aliphatic hydroxyl groups excluding tert-OH is 2. The number of nitrogens with zero attached hydrogens (tertiary/aromatic N) is 1. The average Bonchev–Trinajstić information content (AvgIpc) is 3.07. The fraction of sp³-hybridized carbons (Fsp3) is 0.333. The lowest BCUT2D eigenvalue weighted by Gasteiger charge is -2.25. The van der Waals surface area contributed by atoms with Crippen LogP contribution in [0, 0.1) is 0 Å². The molecule has 1 aliphatic rings. The zero-order chi connectivity index (χ0) is 23.1. The smallest absolute Gasteiger partial charge is 0.295 e. The summed E-state index contributed by atoms with van der Waals surface area (Å²) < 4.78 is 16.0. The number of ketones is 1. The fourth-order valence-electron chi connectivity index (χ4n) is 3.63. The maximum Gasteiger partial charge on any atom is 0.295 e. The molecule has 0 bridgehead atoms. The van der Waals surface area contributed by atoms with E-state index in [1.807, 2.05) is 6.92 Å². The van der Waals surface area contributed by atoms with Crippen molar-refractivity contribution in [3.8, 4) is 11.5 Å². The first kappa shape index (κ1) is 23.3. The molecule has 1 heterocycles. The zero-order valence-electron chi connectivity index (χ0n) is 18.1. The lowest BCUT2D eigenvalue weighted by molar-refractivity contribution is -0.140. The van der Waals surface area contributed by atoms with Gasteiger partial charge in [0.1, 0.15) is 17.3 Å². The van der Waals surface area contributed by atoms with Crippen molar-refractivity contribution < 1.29 is 34.0 Å². The summed E-state index contributed by atoms with van der Waals surface area (Å²) in [5, 5.41) is 20.0. The summed E-state index contributed by atoms with van der Waals surface area (Å²) in [6, 6.07) is 12.9. The van der Waals surface area contributed by atoms with Gasteiger partial charge in [-0.1, -0.05) is 12.1 Å². The van der Waals surface area contributed by atoms with E-state index in [4.69, 9.17) is 19.3 Å². The molecule has 0 aromatic heterocycles. The molecule has 2 aromatic rings. The Morgan fingerprint density at radius 2 is 1.81 bits per heavy atom. The predicted molar refractivity (Wildman–Crippen MR) is 118 cm³/mol. The second-order valence-electron chi connectivity index (χ2n) is 7.06. The summed E-state index contributed by atoms with van der Waals surface area (Å²) >= 11 is 0. The minimum atomic E-state index is -0.811. The van der Waals surface area contributed by atoms with Crippen LogP contribution in [0.25, 0.3) is 5.76 Å². The molecule has 0 radical (unpaired) electrons. The Kier molecular flexibility index (Phi) is 7.86. The third-order valence-corrected chi connectivity index (χ3v) is 5.10. The van der Waals surface area contributed by atoms with Crippen molar-refractivity contribution in [3.05, 3.63) is 65.2 Å². The highest BCUT2D eigenvalue weighted by Gasteiger charge is 2.46. The molecular weight excluding hydrogens is 414 g/mol. The largest absolute Gasteiger partial charge is 0.507 e. The number of ether oxygens (including phenoxy) is 3. The molecule has 8 nitrogen and oxygen atoms in total. The normalized spacial score (nSPS) is 17.6. The third kappa shape index (κ3) is 4.92. The van der Waals surface area contributed by atoms with E-state index >= 15 is 0 Å². The SMILES string of the molecule is CCOc1ccc(/C(O)=C2\C(=O)C(=O)N(CCOCCO)C2c2cccc(OC)c2)cc1. The zero-order valence-corrected chi connectivity index (χ0v) is 18.1. The van der Waals surface area contributed by atoms with Crippen molar-refractivity contribution in [2.45, 2.75) is 13.0 Å². The first-order valence-corrected chi connectivity index (χ1v) is 10.4. The Morgan fingerprint density at radius 3 is 2.47 bits per heavy atom. The third-order valence-electron chi connectivity index (χ3n) is 5.10. The molecule has 0 spiro atoms. The molecule has 8 heteroatoms. The Hall–Kier alpha value is -3.36. The molecule has 170 valence electrons. The molecule has 0 aliphatic carbocycles. The van der Waals surface area contributed by atoms with Gasteiger partial charge in [0.05, 0.1) is 45.2 Å². The van der Waals surface area contributed by atoms with Crippen molar-refractivity contribution in [2.24, 2.45) is 0 Å². The van der Waals surface area contributed by atoms with Crippen LogP contribution in [0.5, 0.6) is 11.5 Å². The molecule has 1 amide bonds. The van der Waals surface area contributed by atoms with E-state index < -0.39 is 17.7 Å². The number of hydrogen-bond acceptors (Lipinski definition) is 7. The van der Waals surface area contributed by atoms with Gasteiger partial charge in [-0.3, -0.25) is 9.59 Å². The van der Waals surface area contributed by atoms with Gasteiger partial charge in [0.2, 0.25) is 0 Å². The summed E-state index contributed by atoms with van der Waals surface area (Å²) in [5.74, 6) is -0.567. The van der Waals surface area contributed by atoms with Crippen molar-refractivity contribution in [2.75, 3.05) is 40.1 Å². The number of hydrogen-bond donors (Lipinski definition) is 2. The maximum atomic E-state index is 13.0. The molecule has 1 atom stereocenters. The van der Waals surface area contributed by atoms with Gasteiger partial charge < -0.3 is 29.3 Å². The Labute approximate surface area is 186 Å². The van der Waals surface area contributed by atoms with Crippen LogP contribution < -0.4 is 9.47 Å². The van der Waals surface area contributed by atoms with E-state index in [0.717, 1.165) is 0 Å². The van der Waals surface area contributed by atoms with Crippen LogP contribution in [-0.4, -0.2) is 66.9 Å². The maximum absolute atomic E-state index is 13.0. The van der Waals surface area contributed by atoms with Crippen LogP contribution in [0.4, 0.5) is 0 Å². The number of amides is 1. The molecule has 3 rings (SSSR count). The monoisotopic (exact) mass is 441 g/mol. The number of Topliss-reactive ketones (excluding diaryl/α,β-unsaturated/α-hetero) is 1. The van der Waals surface area contributed by atoms with Crippen molar-refractivity contribution >= 4 is 17.4 Å². The summed E-state index contributed by atoms with van der Waals surface area (Å²) in [7, 11) is 1.53. The quantitative estimate of drug-likeness (QED) is 0.253. The summed E-state index contributed by atoms with van der Waals surface area (Å²) in [4.78, 5) is 27.2. The molecule has 32 heavy (non-hydrogen) atoms. The number of likely N-dealkylation sites (tertiary alicyclic amines) is 1. The number of carbonyl (C=O) groups excluding carboxylic acids is 2. The van der Waals surface area contributed by atoms with Gasteiger partial charge in [-0.25, -0.2) is 0 Å². The van der Waals surface area contributed by atoms with E-state index in [9.17, 15) is 14.7 Å². The molecule has 1 saturated heterocycles. The minimum absolute atomic E-state index is 0.00503. The number of carbonyl (C=O) groups is 2. The van der Waals surface area contributed by atoms with Crippen molar-refractivity contribution in [1.82, 2.24) is 4.90 Å². The van der Waals surface area contributed by atoms with Gasteiger partial charge in [-0.15, -0.1) is 0 Å². The highest BCUT2D eigenvalue weighted by Crippen LogP contribution is 2.40. The highest BCUT2D eigenvalue weighted by molar-refractivity contribution is 6.46. The van der Waals surface area contributed by atoms with Gasteiger partial charge in [-0.2, -0.15) is 0 Å². The molecule has 1 fully saturated rings. The number of methoxy groups -OCH3 is 1. The molecule has 2 aromatic carbocycles. The summed E-state index contributed by atoms with van der Waals surface area (Å²) in [6.45, 7) is 2.61. The highest BCUT2D eigenvalue weighted by atomic mass is 16.5. The number of rotatable bonds is 10. The van der Waals surface area contributed by atoms with Crippen LogP contribution in [0.3, 0.4) is 0 Å². The Bertz CT molecular complexity index is 984. The second-order valence-corrected chi connectivity index (χ2v) is 7.06. The Morgan fingerprint density at radius 1 is 1.06 bits per heavy atom. The molecular formula is C24H27NO7. The summed E-state index contributed by atoms with van der Waals surface area (Å²) in [6.07, 6.45) is 0. The molecule has 0 saturated carbocycles. The van der Waals surface area contributed by atoms with Crippen molar-refractivity contribution in [3.63, 3.8) is 0 Å². The molecule has 2 N–H and O–H groups in total. The van der Waals surface area contributed by atoms with Crippen molar-refractivity contribution in [1.29, 1.82) is 0 Å². The number of benzene rings is 2. The Balaban J connectivity index is 2.05. The van der Waals surface area contributed by atoms with Crippen LogP contribution >= 0.6 is 0 Å². The second kappa shape index (κ2) is 10.8. The van der Waals surface area contributed by atoms with Crippen LogP contribution in [-0.2, 0) is 14.3 Å². The topological polar surface area (TPSA) is 106 Å². The van der Waals surface area contributed by atoms with E-state index in [-0.39, 0.29) is 37.7 Å². The van der Waals surface area contributed by atoms with Gasteiger partial charge in [0.25, 0.3) is 11.7 Å². The van der Waals surface area contributed by atoms with Gasteiger partial charge in [-0.05, 0) is 48.9 Å². The van der Waals surface area contributed by atoms with Crippen LogP contribution in [0.2, 0.25) is 0 Å². The van der Waals surface area contributed by atoms with E-state index in [2.05, 4.69) is 0 Å². The lowest BCUT2D eigenvalue weighted by atomic mass is 9.95. The lowest BCUT2D eigenvalue weighted by Crippen LogP contribution is -2.33. The first-order chi connectivity index (χ1) is 15.5. The predicted octanol–water partition coefficient (Wildman–Crippen LogP) is 2.52. The molecule has 1 aliphatic heterocycles. The molecule has 1 unspecified atom stereocenters. The van der Waals surface area contributed by atoms with E-state index in [0.29, 0.717) is 29.2 Å². The first-order valence-electron chi connectivity index (χ1n) is 10.4. The van der Waals surface area contributed by atoms with E-state index in [1.165, 1.54) is 12.0 Å². The van der Waals surface area contributed by atoms with E-state index in [1.54, 1.807) is 48.5 Å². The minimum Gasteiger partial charge on any atom is -0.507 e. The van der Waals surface area contributed by atoms with Crippen LogP contribution in [0.15, 0.2) is 54.1 Å². The van der Waals surface area contributed by atoms with Gasteiger partial charge in [0.15, 0.2) is 0 Å². The number of aliphatic hydroxyl groups is 2. The standard InChI is InChI=1S/C24H27NO7/c1-3-32-18-9-7-16(8-10-18)22(27)20-21(17-5-4-6-19(15-17)30-2)25(24(29)23(20)28)11-13-31-14-12-26/h4-10,15,21,26-27H,3,11-14H2,1-2H3/b22-20+.